The fraction of sp³-hybridized carbons (Fsp3) is 0.115. The predicted molar refractivity (Wildman–Crippen MR) is 122 cm³/mol. The normalized spacial score (nSPS) is 12.0. The molecule has 1 aliphatic rings. The second kappa shape index (κ2) is 8.66. The molecule has 0 radical (unpaired) electrons. The van der Waals surface area contributed by atoms with Gasteiger partial charge in [0.2, 0.25) is 6.79 Å². The number of ether oxygens (including phenoxy) is 2. The van der Waals surface area contributed by atoms with Crippen LogP contribution in [-0.2, 0) is 13.1 Å². The van der Waals surface area contributed by atoms with Crippen molar-refractivity contribution in [3.8, 4) is 21.9 Å². The zero-order valence-electron chi connectivity index (χ0n) is 16.9. The third kappa shape index (κ3) is 4.32. The molecule has 0 aliphatic carbocycles. The van der Waals surface area contributed by atoms with Crippen LogP contribution in [0.1, 0.15) is 20.8 Å². The molecule has 3 aromatic carbocycles. The molecule has 154 valence electrons. The summed E-state index contributed by atoms with van der Waals surface area (Å²) in [5, 5.41) is 0. The summed E-state index contributed by atoms with van der Waals surface area (Å²) in [5.74, 6) is 1.53. The van der Waals surface area contributed by atoms with Crippen molar-refractivity contribution in [3.63, 3.8) is 0 Å². The van der Waals surface area contributed by atoms with E-state index >= 15 is 0 Å². The molecule has 1 aliphatic heterocycles. The maximum atomic E-state index is 13.5. The molecular formula is C26H21NO3S. The quantitative estimate of drug-likeness (QED) is 0.380. The van der Waals surface area contributed by atoms with Crippen LogP contribution in [0, 0.1) is 0 Å². The Morgan fingerprint density at radius 3 is 2.10 bits per heavy atom. The number of hydrogen-bond donors (Lipinski definition) is 0. The van der Waals surface area contributed by atoms with Gasteiger partial charge < -0.3 is 14.4 Å². The molecular weight excluding hydrogens is 406 g/mol. The van der Waals surface area contributed by atoms with Gasteiger partial charge in [0.1, 0.15) is 0 Å². The van der Waals surface area contributed by atoms with E-state index in [0.717, 1.165) is 37.9 Å². The van der Waals surface area contributed by atoms with Gasteiger partial charge in [-0.1, -0.05) is 60.7 Å². The molecule has 0 bridgehead atoms. The SMILES string of the molecule is O=C(c1ccc(-c2ccc3c(c2)OCO3)s1)N(Cc1ccccc1)Cc1ccccc1. The lowest BCUT2D eigenvalue weighted by atomic mass is 10.1. The lowest BCUT2D eigenvalue weighted by molar-refractivity contribution is 0.0735. The highest BCUT2D eigenvalue weighted by Crippen LogP contribution is 2.38. The largest absolute Gasteiger partial charge is 0.454 e. The van der Waals surface area contributed by atoms with Gasteiger partial charge in [-0.05, 0) is 47.0 Å². The van der Waals surface area contributed by atoms with Crippen LogP contribution in [0.5, 0.6) is 11.5 Å². The minimum absolute atomic E-state index is 0.0321. The van der Waals surface area contributed by atoms with Crippen molar-refractivity contribution in [2.75, 3.05) is 6.79 Å². The Labute approximate surface area is 185 Å². The first kappa shape index (κ1) is 19.4. The Kier molecular flexibility index (Phi) is 5.42. The van der Waals surface area contributed by atoms with Gasteiger partial charge in [-0.3, -0.25) is 4.79 Å². The van der Waals surface area contributed by atoms with Crippen LogP contribution in [-0.4, -0.2) is 17.6 Å². The van der Waals surface area contributed by atoms with Crippen LogP contribution < -0.4 is 9.47 Å². The molecule has 0 saturated carbocycles. The highest BCUT2D eigenvalue weighted by molar-refractivity contribution is 7.17. The van der Waals surface area contributed by atoms with Crippen molar-refractivity contribution >= 4 is 17.2 Å². The maximum absolute atomic E-state index is 13.5. The van der Waals surface area contributed by atoms with Gasteiger partial charge in [-0.2, -0.15) is 0 Å². The van der Waals surface area contributed by atoms with Gasteiger partial charge in [0.05, 0.1) is 4.88 Å². The first-order chi connectivity index (χ1) is 15.3. The van der Waals surface area contributed by atoms with Gasteiger partial charge in [0.25, 0.3) is 5.91 Å². The topological polar surface area (TPSA) is 38.8 Å². The molecule has 1 amide bonds. The highest BCUT2D eigenvalue weighted by atomic mass is 32.1. The zero-order valence-corrected chi connectivity index (χ0v) is 17.7. The molecule has 4 nitrogen and oxygen atoms in total. The molecule has 0 spiro atoms. The molecule has 5 rings (SSSR count). The summed E-state index contributed by atoms with van der Waals surface area (Å²) in [4.78, 5) is 17.1. The molecule has 4 aromatic rings. The maximum Gasteiger partial charge on any atom is 0.264 e. The Balaban J connectivity index is 1.41. The number of fused-ring (bicyclic) bond motifs is 1. The molecule has 0 fully saturated rings. The van der Waals surface area contributed by atoms with E-state index in [1.54, 1.807) is 0 Å². The van der Waals surface area contributed by atoms with E-state index in [1.165, 1.54) is 11.3 Å². The van der Waals surface area contributed by atoms with Crippen molar-refractivity contribution in [2.24, 2.45) is 0 Å². The number of thiophene rings is 1. The number of benzene rings is 3. The van der Waals surface area contributed by atoms with E-state index in [0.29, 0.717) is 13.1 Å². The Morgan fingerprint density at radius 2 is 1.42 bits per heavy atom. The molecule has 0 atom stereocenters. The number of carbonyl (C=O) groups excluding carboxylic acids is 1. The van der Waals surface area contributed by atoms with Crippen LogP contribution in [0.3, 0.4) is 0 Å². The molecule has 0 N–H and O–H groups in total. The summed E-state index contributed by atoms with van der Waals surface area (Å²) < 4.78 is 10.9. The predicted octanol–water partition coefficient (Wildman–Crippen LogP) is 5.99. The average molecular weight is 428 g/mol. The standard InChI is InChI=1S/C26H21NO3S/c28-26(25-14-13-24(31-25)21-11-12-22-23(15-21)30-18-29-22)27(16-19-7-3-1-4-8-19)17-20-9-5-2-6-10-20/h1-15H,16-18H2. The minimum atomic E-state index is 0.0321. The number of hydrogen-bond acceptors (Lipinski definition) is 4. The minimum Gasteiger partial charge on any atom is -0.454 e. The first-order valence-electron chi connectivity index (χ1n) is 10.1. The fourth-order valence-electron chi connectivity index (χ4n) is 3.62. The molecule has 2 heterocycles. The van der Waals surface area contributed by atoms with Crippen molar-refractivity contribution < 1.29 is 14.3 Å². The Morgan fingerprint density at radius 1 is 0.774 bits per heavy atom. The number of rotatable bonds is 6. The first-order valence-corrected chi connectivity index (χ1v) is 10.9. The molecule has 31 heavy (non-hydrogen) atoms. The van der Waals surface area contributed by atoms with Crippen molar-refractivity contribution in [1.82, 2.24) is 4.90 Å². The van der Waals surface area contributed by atoms with Crippen LogP contribution in [0.2, 0.25) is 0 Å². The van der Waals surface area contributed by atoms with E-state index in [9.17, 15) is 4.79 Å². The van der Waals surface area contributed by atoms with Gasteiger partial charge in [0, 0.05) is 18.0 Å². The van der Waals surface area contributed by atoms with Crippen LogP contribution in [0.4, 0.5) is 0 Å². The number of carbonyl (C=O) groups is 1. The van der Waals surface area contributed by atoms with Gasteiger partial charge in [-0.15, -0.1) is 11.3 Å². The van der Waals surface area contributed by atoms with E-state index in [2.05, 4.69) is 24.3 Å². The summed E-state index contributed by atoms with van der Waals surface area (Å²) in [7, 11) is 0. The van der Waals surface area contributed by atoms with Gasteiger partial charge in [0.15, 0.2) is 11.5 Å². The zero-order chi connectivity index (χ0) is 21.0. The van der Waals surface area contributed by atoms with Crippen molar-refractivity contribution in [1.29, 1.82) is 0 Å². The third-order valence-electron chi connectivity index (χ3n) is 5.19. The fourth-order valence-corrected chi connectivity index (χ4v) is 4.59. The lowest BCUT2D eigenvalue weighted by Gasteiger charge is -2.22. The van der Waals surface area contributed by atoms with E-state index in [1.807, 2.05) is 71.6 Å². The average Bonchev–Trinajstić information content (AvgIpc) is 3.49. The third-order valence-corrected chi connectivity index (χ3v) is 6.32. The van der Waals surface area contributed by atoms with Crippen LogP contribution in [0.15, 0.2) is 91.0 Å². The van der Waals surface area contributed by atoms with Gasteiger partial charge in [-0.25, -0.2) is 0 Å². The molecule has 5 heteroatoms. The van der Waals surface area contributed by atoms with Crippen LogP contribution in [0.25, 0.3) is 10.4 Å². The van der Waals surface area contributed by atoms with Crippen molar-refractivity contribution in [2.45, 2.75) is 13.1 Å². The molecule has 1 aromatic heterocycles. The lowest BCUT2D eigenvalue weighted by Crippen LogP contribution is -2.29. The van der Waals surface area contributed by atoms with E-state index in [4.69, 9.17) is 9.47 Å². The van der Waals surface area contributed by atoms with Crippen molar-refractivity contribution in [3.05, 3.63) is 107 Å². The highest BCUT2D eigenvalue weighted by Gasteiger charge is 2.20. The van der Waals surface area contributed by atoms with Gasteiger partial charge >= 0.3 is 0 Å². The molecule has 0 saturated heterocycles. The summed E-state index contributed by atoms with van der Waals surface area (Å²) in [6, 6.07) is 30.0. The second-order valence-electron chi connectivity index (χ2n) is 7.36. The Hall–Kier alpha value is -3.57. The Bertz CT molecular complexity index is 1150. The smallest absolute Gasteiger partial charge is 0.264 e. The monoisotopic (exact) mass is 427 g/mol. The summed E-state index contributed by atoms with van der Waals surface area (Å²) in [6.45, 7) is 1.37. The molecule has 0 unspecified atom stereocenters. The summed E-state index contributed by atoms with van der Waals surface area (Å²) in [6.07, 6.45) is 0. The second-order valence-corrected chi connectivity index (χ2v) is 8.45. The summed E-state index contributed by atoms with van der Waals surface area (Å²) in [5.41, 5.74) is 3.24. The van der Waals surface area contributed by atoms with Crippen LogP contribution >= 0.6 is 11.3 Å². The van der Waals surface area contributed by atoms with E-state index < -0.39 is 0 Å². The summed E-state index contributed by atoms with van der Waals surface area (Å²) >= 11 is 1.50. The number of nitrogens with zero attached hydrogens (tertiary/aromatic N) is 1. The van der Waals surface area contributed by atoms with E-state index in [-0.39, 0.29) is 12.7 Å². The number of amides is 1.